The Morgan fingerprint density at radius 1 is 0.198 bits per heavy atom. The van der Waals surface area contributed by atoms with E-state index in [2.05, 4.69) is 146 Å². The zero-order valence-corrected chi connectivity index (χ0v) is 50.3. The number of hydrogen-bond donors (Lipinski definition) is 0. The summed E-state index contributed by atoms with van der Waals surface area (Å²) in [6.07, 6.45) is 0. The predicted octanol–water partition coefficient (Wildman–Crippen LogP) is 19.4. The van der Waals surface area contributed by atoms with E-state index in [0.29, 0.717) is 22.3 Å². The van der Waals surface area contributed by atoms with Crippen molar-refractivity contribution in [3.63, 3.8) is 0 Å². The van der Waals surface area contributed by atoms with Crippen LogP contribution in [-0.2, 0) is 18.9 Å². The van der Waals surface area contributed by atoms with E-state index in [4.69, 9.17) is 18.9 Å². The van der Waals surface area contributed by atoms with Gasteiger partial charge in [0.1, 0.15) is 0 Å². The van der Waals surface area contributed by atoms with Crippen molar-refractivity contribution in [1.82, 2.24) is 0 Å². The summed E-state index contributed by atoms with van der Waals surface area (Å²) in [5, 5.41) is 0. The smallest absolute Gasteiger partial charge is 0.337 e. The molecule has 8 nitrogen and oxygen atoms in total. The highest BCUT2D eigenvalue weighted by Crippen LogP contribution is 2.44. The Hall–Kier alpha value is -9.82. The molecule has 12 rings (SSSR count). The Kier molecular flexibility index (Phi) is 16.6. The SMILES string of the molecule is COC(=O)c1ccc(-c2ccc(-c3ccc(C(=C(c4ccc(-c5ccc(-c6ccc(C(=O)OC)cc6)s5)cc4)c4ccc(-c5ccc(-c6ccc(C(=O)OC)cc6)s5)cc4)c4ccc(-c5ccc(-c6ccc(C(=O)OC)cc6)s5)cc4)cc3)s2)cc1. The van der Waals surface area contributed by atoms with Crippen LogP contribution in [-0.4, -0.2) is 52.3 Å². The van der Waals surface area contributed by atoms with Crippen LogP contribution in [0.5, 0.6) is 0 Å². The van der Waals surface area contributed by atoms with E-state index in [1.165, 1.54) is 28.4 Å². The Labute approximate surface area is 514 Å². The first-order chi connectivity index (χ1) is 42.0. The molecule has 4 aromatic heterocycles. The summed E-state index contributed by atoms with van der Waals surface area (Å²) in [4.78, 5) is 57.6. The molecule has 420 valence electrons. The average Bonchev–Trinajstić information content (AvgIpc) is 3.18. The lowest BCUT2D eigenvalue weighted by Crippen LogP contribution is -2.00. The standard InChI is InChI=1S/C74H52O8S4/c1-79-71(75)57-29-13-49(14-30-57)65-41-37-61(83-65)45-5-21-53(22-6-45)69(54-23-7-46(8-24-54)62-38-42-66(84-62)50-15-31-58(32-16-50)72(76)80-2)70(55-25-9-47(10-26-55)63-39-43-67(85-63)51-17-33-59(34-18-51)73(77)81-3)56-27-11-48(12-28-56)64-40-44-68(86-64)52-19-35-60(36-20-52)74(78)82-4/h5-44H,1-4H3. The number of ether oxygens (including phenoxy) is 4. The first-order valence-corrected chi connectivity index (χ1v) is 30.6. The van der Waals surface area contributed by atoms with Gasteiger partial charge in [0.15, 0.2) is 0 Å². The molecular formula is C74H52O8S4. The summed E-state index contributed by atoms with van der Waals surface area (Å²) < 4.78 is 19.7. The maximum atomic E-state index is 12.2. The molecule has 0 fully saturated rings. The van der Waals surface area contributed by atoms with Crippen LogP contribution in [0, 0.1) is 0 Å². The van der Waals surface area contributed by atoms with Crippen molar-refractivity contribution >= 4 is 80.4 Å². The van der Waals surface area contributed by atoms with E-state index in [0.717, 1.165) is 117 Å². The number of carbonyl (C=O) groups excluding carboxylic acids is 4. The summed E-state index contributed by atoms with van der Waals surface area (Å²) in [5.74, 6) is -1.46. The van der Waals surface area contributed by atoms with Crippen LogP contribution in [0.3, 0.4) is 0 Å². The molecule has 0 aliphatic rings. The molecule has 8 aromatic carbocycles. The summed E-state index contributed by atoms with van der Waals surface area (Å²) >= 11 is 6.79. The minimum atomic E-state index is -0.366. The van der Waals surface area contributed by atoms with Gasteiger partial charge < -0.3 is 18.9 Å². The second-order valence-corrected chi connectivity index (χ2v) is 24.3. The molecule has 12 aromatic rings. The number of rotatable bonds is 16. The average molecular weight is 1200 g/mol. The second-order valence-electron chi connectivity index (χ2n) is 20.0. The summed E-state index contributed by atoms with van der Waals surface area (Å²) in [6, 6.07) is 82.4. The number of thiophene rings is 4. The fourth-order valence-corrected chi connectivity index (χ4v) is 14.3. The molecule has 0 saturated carbocycles. The molecule has 0 bridgehead atoms. The van der Waals surface area contributed by atoms with Gasteiger partial charge in [0, 0.05) is 39.0 Å². The first kappa shape index (κ1) is 56.7. The Bertz CT molecular complexity index is 3870. The highest BCUT2D eigenvalue weighted by Gasteiger charge is 2.20. The number of esters is 4. The molecule has 0 atom stereocenters. The van der Waals surface area contributed by atoms with Crippen molar-refractivity contribution in [2.45, 2.75) is 0 Å². The number of hydrogen-bond acceptors (Lipinski definition) is 12. The van der Waals surface area contributed by atoms with E-state index in [-0.39, 0.29) is 23.9 Å². The van der Waals surface area contributed by atoms with E-state index in [1.54, 1.807) is 93.9 Å². The lowest BCUT2D eigenvalue weighted by Gasteiger charge is -2.19. The summed E-state index contributed by atoms with van der Waals surface area (Å²) in [5.41, 5.74) is 16.7. The van der Waals surface area contributed by atoms with Crippen LogP contribution in [0.2, 0.25) is 0 Å². The number of carbonyl (C=O) groups is 4. The molecule has 0 aliphatic heterocycles. The van der Waals surface area contributed by atoms with Gasteiger partial charge >= 0.3 is 23.9 Å². The van der Waals surface area contributed by atoms with Crippen molar-refractivity contribution in [2.75, 3.05) is 28.4 Å². The third-order valence-electron chi connectivity index (χ3n) is 14.9. The molecule has 0 radical (unpaired) electrons. The number of benzene rings is 8. The van der Waals surface area contributed by atoms with Gasteiger partial charge in [-0.2, -0.15) is 0 Å². The number of methoxy groups -OCH3 is 4. The normalized spacial score (nSPS) is 11.0. The van der Waals surface area contributed by atoms with Gasteiger partial charge in [0.2, 0.25) is 0 Å². The minimum Gasteiger partial charge on any atom is -0.465 e. The van der Waals surface area contributed by atoms with Crippen LogP contribution in [0.4, 0.5) is 0 Å². The lowest BCUT2D eigenvalue weighted by atomic mass is 9.84. The monoisotopic (exact) mass is 1200 g/mol. The quantitative estimate of drug-likeness (QED) is 0.0535. The first-order valence-electron chi connectivity index (χ1n) is 27.4. The highest BCUT2D eigenvalue weighted by atomic mass is 32.1. The van der Waals surface area contributed by atoms with Gasteiger partial charge in [-0.15, -0.1) is 45.3 Å². The van der Waals surface area contributed by atoms with Crippen LogP contribution in [0.25, 0.3) is 94.7 Å². The third kappa shape index (κ3) is 12.0. The van der Waals surface area contributed by atoms with Gasteiger partial charge in [0.25, 0.3) is 0 Å². The molecular weight excluding hydrogens is 1150 g/mol. The lowest BCUT2D eigenvalue weighted by molar-refractivity contribution is 0.0592. The van der Waals surface area contributed by atoms with Gasteiger partial charge in [-0.05, 0) is 175 Å². The third-order valence-corrected chi connectivity index (χ3v) is 19.6. The predicted molar refractivity (Wildman–Crippen MR) is 351 cm³/mol. The molecule has 0 N–H and O–H groups in total. The van der Waals surface area contributed by atoms with Crippen molar-refractivity contribution in [1.29, 1.82) is 0 Å². The van der Waals surface area contributed by atoms with Crippen molar-refractivity contribution in [3.8, 4) is 83.5 Å². The van der Waals surface area contributed by atoms with E-state index >= 15 is 0 Å². The van der Waals surface area contributed by atoms with Gasteiger partial charge in [0.05, 0.1) is 50.7 Å². The van der Waals surface area contributed by atoms with Gasteiger partial charge in [-0.25, -0.2) is 19.2 Å². The fraction of sp³-hybridized carbons (Fsp3) is 0.0541. The zero-order chi connectivity index (χ0) is 59.3. The van der Waals surface area contributed by atoms with Gasteiger partial charge in [-0.1, -0.05) is 146 Å². The molecule has 0 unspecified atom stereocenters. The highest BCUT2D eigenvalue weighted by molar-refractivity contribution is 7.20. The second kappa shape index (κ2) is 25.2. The molecule has 0 aliphatic carbocycles. The van der Waals surface area contributed by atoms with Crippen molar-refractivity contribution in [2.24, 2.45) is 0 Å². The minimum absolute atomic E-state index is 0.366. The molecule has 4 heterocycles. The van der Waals surface area contributed by atoms with Crippen LogP contribution in [0.15, 0.2) is 243 Å². The summed E-state index contributed by atoms with van der Waals surface area (Å²) in [6.45, 7) is 0. The molecule has 86 heavy (non-hydrogen) atoms. The maximum Gasteiger partial charge on any atom is 0.337 e. The maximum absolute atomic E-state index is 12.2. The Morgan fingerprint density at radius 2 is 0.326 bits per heavy atom. The van der Waals surface area contributed by atoms with Crippen molar-refractivity contribution < 1.29 is 38.1 Å². The molecule has 0 saturated heterocycles. The van der Waals surface area contributed by atoms with Crippen LogP contribution in [0.1, 0.15) is 63.7 Å². The zero-order valence-electron chi connectivity index (χ0n) is 47.0. The molecule has 0 spiro atoms. The fourth-order valence-electron chi connectivity index (χ4n) is 10.3. The van der Waals surface area contributed by atoms with Gasteiger partial charge in [-0.3, -0.25) is 0 Å². The van der Waals surface area contributed by atoms with Crippen LogP contribution >= 0.6 is 45.3 Å². The van der Waals surface area contributed by atoms with Crippen LogP contribution < -0.4 is 0 Å². The van der Waals surface area contributed by atoms with E-state index in [1.807, 2.05) is 48.5 Å². The summed E-state index contributed by atoms with van der Waals surface area (Å²) in [7, 11) is 5.55. The van der Waals surface area contributed by atoms with E-state index < -0.39 is 0 Å². The largest absolute Gasteiger partial charge is 0.465 e. The Morgan fingerprint density at radius 3 is 0.453 bits per heavy atom. The Balaban J connectivity index is 0.951. The van der Waals surface area contributed by atoms with Crippen molar-refractivity contribution in [3.05, 3.63) is 287 Å². The molecule has 12 heteroatoms. The molecule has 0 amide bonds. The van der Waals surface area contributed by atoms with E-state index in [9.17, 15) is 19.2 Å². The topological polar surface area (TPSA) is 105 Å².